The molecular formula is C28H23ClN2O4. The lowest BCUT2D eigenvalue weighted by atomic mass is 9.85. The number of esters is 1. The average molecular weight is 487 g/mol. The number of hydrogen-bond acceptors (Lipinski definition) is 5. The van der Waals surface area contributed by atoms with E-state index in [1.54, 1.807) is 42.2 Å². The molecule has 0 saturated heterocycles. The third-order valence-corrected chi connectivity index (χ3v) is 6.49. The first-order valence-corrected chi connectivity index (χ1v) is 11.7. The SMILES string of the molecule is CCOC(=O)C1(Cc2cc(-c3ccc(Cl)cc3)no2)c2ccccc2C(=O)N1Cc1ccccc1. The number of amides is 1. The van der Waals surface area contributed by atoms with Crippen molar-refractivity contribution >= 4 is 23.5 Å². The average Bonchev–Trinajstić information content (AvgIpc) is 3.43. The Kier molecular flexibility index (Phi) is 6.14. The van der Waals surface area contributed by atoms with Crippen LogP contribution in [0.25, 0.3) is 11.3 Å². The first kappa shape index (κ1) is 22.9. The molecule has 0 aliphatic carbocycles. The summed E-state index contributed by atoms with van der Waals surface area (Å²) in [6, 6.07) is 25.8. The van der Waals surface area contributed by atoms with Crippen LogP contribution in [0.5, 0.6) is 0 Å². The Morgan fingerprint density at radius 2 is 1.74 bits per heavy atom. The molecule has 7 heteroatoms. The molecule has 0 radical (unpaired) electrons. The number of fused-ring (bicyclic) bond motifs is 1. The Morgan fingerprint density at radius 1 is 1.03 bits per heavy atom. The topological polar surface area (TPSA) is 72.6 Å². The highest BCUT2D eigenvalue weighted by Crippen LogP contribution is 2.44. The first-order valence-electron chi connectivity index (χ1n) is 11.4. The molecule has 1 amide bonds. The van der Waals surface area contributed by atoms with E-state index >= 15 is 0 Å². The number of aromatic nitrogens is 1. The zero-order valence-electron chi connectivity index (χ0n) is 19.1. The lowest BCUT2D eigenvalue weighted by Crippen LogP contribution is -2.51. The lowest BCUT2D eigenvalue weighted by molar-refractivity contribution is -0.157. The highest BCUT2D eigenvalue weighted by molar-refractivity contribution is 6.30. The minimum absolute atomic E-state index is 0.0853. The Labute approximate surface area is 208 Å². The number of benzene rings is 3. The standard InChI is InChI=1S/C28H23ClN2O4/c1-2-34-27(33)28(17-22-16-25(30-35-22)20-12-14-21(29)15-13-20)24-11-7-6-10-23(24)26(32)31(28)18-19-8-4-3-5-9-19/h3-16H,2,17-18H2,1H3. The first-order chi connectivity index (χ1) is 17.0. The number of halogens is 1. The van der Waals surface area contributed by atoms with Crippen LogP contribution in [0.1, 0.15) is 34.2 Å². The highest BCUT2D eigenvalue weighted by Gasteiger charge is 2.56. The van der Waals surface area contributed by atoms with Gasteiger partial charge in [0.25, 0.3) is 5.91 Å². The van der Waals surface area contributed by atoms with Crippen LogP contribution in [0.4, 0.5) is 0 Å². The van der Waals surface area contributed by atoms with Crippen molar-refractivity contribution in [3.8, 4) is 11.3 Å². The quantitative estimate of drug-likeness (QED) is 0.315. The minimum Gasteiger partial charge on any atom is -0.464 e. The molecule has 0 saturated carbocycles. The molecule has 35 heavy (non-hydrogen) atoms. The highest BCUT2D eigenvalue weighted by atomic mass is 35.5. The fourth-order valence-electron chi connectivity index (χ4n) is 4.61. The van der Waals surface area contributed by atoms with Gasteiger partial charge in [0, 0.05) is 40.7 Å². The van der Waals surface area contributed by atoms with Gasteiger partial charge < -0.3 is 14.2 Å². The smallest absolute Gasteiger partial charge is 0.337 e. The normalized spacial score (nSPS) is 16.9. The van der Waals surface area contributed by atoms with Gasteiger partial charge in [0.05, 0.1) is 6.61 Å². The van der Waals surface area contributed by atoms with Gasteiger partial charge in [-0.15, -0.1) is 0 Å². The fourth-order valence-corrected chi connectivity index (χ4v) is 4.73. The van der Waals surface area contributed by atoms with Crippen LogP contribution in [-0.2, 0) is 28.0 Å². The molecule has 176 valence electrons. The molecule has 1 unspecified atom stereocenters. The van der Waals surface area contributed by atoms with E-state index in [0.717, 1.165) is 11.1 Å². The second-order valence-corrected chi connectivity index (χ2v) is 8.80. The van der Waals surface area contributed by atoms with Gasteiger partial charge in [-0.25, -0.2) is 4.79 Å². The lowest BCUT2D eigenvalue weighted by Gasteiger charge is -2.36. The molecule has 6 nitrogen and oxygen atoms in total. The van der Waals surface area contributed by atoms with Crippen molar-refractivity contribution in [2.45, 2.75) is 25.4 Å². The van der Waals surface area contributed by atoms with Crippen molar-refractivity contribution in [1.82, 2.24) is 10.1 Å². The summed E-state index contributed by atoms with van der Waals surface area (Å²) in [7, 11) is 0. The van der Waals surface area contributed by atoms with Gasteiger partial charge in [-0.1, -0.05) is 77.4 Å². The molecule has 0 bridgehead atoms. The van der Waals surface area contributed by atoms with Gasteiger partial charge >= 0.3 is 5.97 Å². The summed E-state index contributed by atoms with van der Waals surface area (Å²) in [6.07, 6.45) is 0.0853. The molecular weight excluding hydrogens is 464 g/mol. The second kappa shape index (κ2) is 9.39. The van der Waals surface area contributed by atoms with Crippen molar-refractivity contribution < 1.29 is 18.8 Å². The van der Waals surface area contributed by atoms with Crippen molar-refractivity contribution in [3.63, 3.8) is 0 Å². The Morgan fingerprint density at radius 3 is 2.49 bits per heavy atom. The summed E-state index contributed by atoms with van der Waals surface area (Å²) in [5.74, 6) is -0.265. The third-order valence-electron chi connectivity index (χ3n) is 6.23. The van der Waals surface area contributed by atoms with Gasteiger partial charge in [-0.05, 0) is 30.7 Å². The number of rotatable bonds is 7. The molecule has 1 aliphatic rings. The maximum absolute atomic E-state index is 13.7. The van der Waals surface area contributed by atoms with Gasteiger partial charge in [-0.2, -0.15) is 0 Å². The van der Waals surface area contributed by atoms with Crippen molar-refractivity contribution in [2.24, 2.45) is 0 Å². The van der Waals surface area contributed by atoms with Crippen LogP contribution in [-0.4, -0.2) is 28.5 Å². The van der Waals surface area contributed by atoms with Crippen LogP contribution in [0.15, 0.2) is 89.5 Å². The molecule has 0 fully saturated rings. The van der Waals surface area contributed by atoms with E-state index in [4.69, 9.17) is 20.9 Å². The van der Waals surface area contributed by atoms with Crippen molar-refractivity contribution in [1.29, 1.82) is 0 Å². The third kappa shape index (κ3) is 4.10. The Bertz CT molecular complexity index is 1370. The Balaban J connectivity index is 1.61. The minimum atomic E-state index is -1.39. The molecule has 5 rings (SSSR count). The largest absolute Gasteiger partial charge is 0.464 e. The van der Waals surface area contributed by atoms with Crippen LogP contribution >= 0.6 is 11.6 Å². The summed E-state index contributed by atoms with van der Waals surface area (Å²) < 4.78 is 11.3. The molecule has 1 aromatic heterocycles. The Hall–Kier alpha value is -3.90. The summed E-state index contributed by atoms with van der Waals surface area (Å²) in [5, 5.41) is 4.83. The van der Waals surface area contributed by atoms with E-state index in [0.29, 0.717) is 27.6 Å². The van der Waals surface area contributed by atoms with Crippen molar-refractivity contribution in [3.05, 3.63) is 112 Å². The van der Waals surface area contributed by atoms with Crippen LogP contribution in [0.2, 0.25) is 5.02 Å². The predicted octanol–water partition coefficient (Wildman–Crippen LogP) is 5.65. The predicted molar refractivity (Wildman–Crippen MR) is 132 cm³/mol. The van der Waals surface area contributed by atoms with Gasteiger partial charge in [0.1, 0.15) is 11.5 Å². The van der Waals surface area contributed by atoms with Crippen LogP contribution in [0, 0.1) is 0 Å². The van der Waals surface area contributed by atoms with E-state index in [1.807, 2.05) is 54.6 Å². The fraction of sp³-hybridized carbons (Fsp3) is 0.179. The maximum Gasteiger partial charge on any atom is 0.337 e. The van der Waals surface area contributed by atoms with Crippen LogP contribution < -0.4 is 0 Å². The molecule has 1 aliphatic heterocycles. The number of hydrogen-bond donors (Lipinski definition) is 0. The molecule has 0 spiro atoms. The molecule has 1 atom stereocenters. The van der Waals surface area contributed by atoms with Gasteiger partial charge in [0.2, 0.25) is 0 Å². The van der Waals surface area contributed by atoms with E-state index < -0.39 is 11.5 Å². The summed E-state index contributed by atoms with van der Waals surface area (Å²) in [4.78, 5) is 28.9. The van der Waals surface area contributed by atoms with E-state index in [1.165, 1.54) is 0 Å². The van der Waals surface area contributed by atoms with E-state index in [9.17, 15) is 9.59 Å². The van der Waals surface area contributed by atoms with E-state index in [-0.39, 0.29) is 25.5 Å². The second-order valence-electron chi connectivity index (χ2n) is 8.37. The van der Waals surface area contributed by atoms with E-state index in [2.05, 4.69) is 5.16 Å². The monoisotopic (exact) mass is 486 g/mol. The van der Waals surface area contributed by atoms with Crippen LogP contribution in [0.3, 0.4) is 0 Å². The molecule has 2 heterocycles. The molecule has 3 aromatic carbocycles. The zero-order valence-corrected chi connectivity index (χ0v) is 19.9. The molecule has 4 aromatic rings. The molecule has 0 N–H and O–H groups in total. The van der Waals surface area contributed by atoms with Gasteiger partial charge in [0.15, 0.2) is 5.54 Å². The maximum atomic E-state index is 13.7. The number of carbonyl (C=O) groups excluding carboxylic acids is 2. The number of ether oxygens (including phenoxy) is 1. The number of carbonyl (C=O) groups is 2. The van der Waals surface area contributed by atoms with Gasteiger partial charge in [-0.3, -0.25) is 4.79 Å². The summed E-state index contributed by atoms with van der Waals surface area (Å²) in [5.41, 5.74) is 2.04. The summed E-state index contributed by atoms with van der Waals surface area (Å²) in [6.45, 7) is 2.18. The van der Waals surface area contributed by atoms with Crippen molar-refractivity contribution in [2.75, 3.05) is 6.61 Å². The zero-order chi connectivity index (χ0) is 24.4. The number of nitrogens with zero attached hydrogens (tertiary/aromatic N) is 2. The summed E-state index contributed by atoms with van der Waals surface area (Å²) >= 11 is 6.01.